The van der Waals surface area contributed by atoms with Gasteiger partial charge in [-0.25, -0.2) is 9.78 Å². The van der Waals surface area contributed by atoms with E-state index >= 15 is 0 Å². The Kier molecular flexibility index (Phi) is 7.69. The van der Waals surface area contributed by atoms with Crippen molar-refractivity contribution in [1.29, 1.82) is 0 Å². The summed E-state index contributed by atoms with van der Waals surface area (Å²) in [6, 6.07) is -0.103. The van der Waals surface area contributed by atoms with Gasteiger partial charge in [-0.3, -0.25) is 9.48 Å². The summed E-state index contributed by atoms with van der Waals surface area (Å²) in [5.74, 6) is -1.32. The minimum atomic E-state index is -5.09. The topological polar surface area (TPSA) is 77.3 Å². The number of hydrogen-bond acceptors (Lipinski definition) is 6. The van der Waals surface area contributed by atoms with Crippen molar-refractivity contribution in [3.63, 3.8) is 0 Å². The number of alkyl halides is 6. The fourth-order valence-electron chi connectivity index (χ4n) is 3.43. The number of piperidine rings is 1. The van der Waals surface area contributed by atoms with Crippen molar-refractivity contribution in [2.75, 3.05) is 19.3 Å². The van der Waals surface area contributed by atoms with Crippen LogP contribution in [0.2, 0.25) is 19.6 Å². The Labute approximate surface area is 202 Å². The number of rotatable bonds is 6. The van der Waals surface area contributed by atoms with Gasteiger partial charge in [0.05, 0.1) is 19.3 Å². The molecule has 0 aromatic carbocycles. The first-order chi connectivity index (χ1) is 16.0. The first-order valence-electron chi connectivity index (χ1n) is 10.7. The van der Waals surface area contributed by atoms with Gasteiger partial charge in [0.15, 0.2) is 11.4 Å². The van der Waals surface area contributed by atoms with Crippen molar-refractivity contribution in [2.45, 2.75) is 57.3 Å². The van der Waals surface area contributed by atoms with Crippen LogP contribution in [0.1, 0.15) is 45.6 Å². The lowest BCUT2D eigenvalue weighted by Gasteiger charge is -2.31. The first-order valence-corrected chi connectivity index (χ1v) is 15.3. The zero-order valence-corrected chi connectivity index (χ0v) is 21.0. The summed E-state index contributed by atoms with van der Waals surface area (Å²) in [5, 5.41) is 5.27. The molecule has 7 nitrogen and oxygen atoms in total. The number of ether oxygens (including phenoxy) is 1. The van der Waals surface area contributed by atoms with Gasteiger partial charge in [0.25, 0.3) is 0 Å². The van der Waals surface area contributed by atoms with Crippen molar-refractivity contribution in [3.05, 3.63) is 33.5 Å². The number of halogens is 6. The number of esters is 1. The van der Waals surface area contributed by atoms with Crippen LogP contribution in [0.4, 0.5) is 26.3 Å². The van der Waals surface area contributed by atoms with Crippen LogP contribution in [0.15, 0.2) is 11.4 Å². The van der Waals surface area contributed by atoms with Crippen molar-refractivity contribution in [1.82, 2.24) is 19.7 Å². The number of thiazole rings is 1. The number of likely N-dealkylation sites (tertiary alicyclic amines) is 1. The molecule has 1 saturated heterocycles. The molecular formula is C20H24F6N4O3SSi. The van der Waals surface area contributed by atoms with Crippen molar-refractivity contribution >= 4 is 31.3 Å². The van der Waals surface area contributed by atoms with E-state index < -0.39 is 50.2 Å². The summed E-state index contributed by atoms with van der Waals surface area (Å²) >= 11 is 1.29. The fourth-order valence-corrected chi connectivity index (χ4v) is 4.96. The molecule has 0 N–H and O–H groups in total. The van der Waals surface area contributed by atoms with Crippen molar-refractivity contribution < 1.29 is 40.7 Å². The van der Waals surface area contributed by atoms with Gasteiger partial charge in [0.2, 0.25) is 5.91 Å². The molecule has 2 aromatic rings. The van der Waals surface area contributed by atoms with E-state index in [1.807, 2.05) is 0 Å². The van der Waals surface area contributed by atoms with Crippen LogP contribution in [-0.4, -0.2) is 58.9 Å². The maximum absolute atomic E-state index is 13.2. The number of aromatic nitrogens is 3. The van der Waals surface area contributed by atoms with E-state index in [0.717, 1.165) is 0 Å². The summed E-state index contributed by atoms with van der Waals surface area (Å²) in [4.78, 5) is 30.4. The van der Waals surface area contributed by atoms with E-state index in [4.69, 9.17) is 4.74 Å². The number of hydrogen-bond donors (Lipinski definition) is 0. The Morgan fingerprint density at radius 2 is 1.74 bits per heavy atom. The molecule has 35 heavy (non-hydrogen) atoms. The van der Waals surface area contributed by atoms with Crippen molar-refractivity contribution in [3.8, 4) is 0 Å². The highest BCUT2D eigenvalue weighted by Gasteiger charge is 2.42. The minimum Gasteiger partial charge on any atom is -0.465 e. The summed E-state index contributed by atoms with van der Waals surface area (Å²) < 4.78 is 83.4. The van der Waals surface area contributed by atoms with Gasteiger partial charge in [-0.1, -0.05) is 19.6 Å². The predicted molar refractivity (Wildman–Crippen MR) is 117 cm³/mol. The molecule has 3 rings (SSSR count). The molecule has 0 unspecified atom stereocenters. The van der Waals surface area contributed by atoms with Gasteiger partial charge < -0.3 is 9.64 Å². The van der Waals surface area contributed by atoms with E-state index in [1.165, 1.54) is 16.2 Å². The first kappa shape index (κ1) is 27.2. The Hall–Kier alpha value is -2.42. The third-order valence-corrected chi connectivity index (χ3v) is 7.23. The second kappa shape index (κ2) is 9.91. The SMILES string of the molecule is C[Si](C)(C)COC(=O)c1csc(C2CCN(C(=O)Cn3nc(C(F)(F)F)cc3C(F)(F)F)CC2)n1. The third kappa shape index (κ3) is 7.05. The Balaban J connectivity index is 1.60. The highest BCUT2D eigenvalue weighted by atomic mass is 32.1. The largest absolute Gasteiger partial charge is 0.465 e. The number of nitrogens with zero attached hydrogens (tertiary/aromatic N) is 4. The van der Waals surface area contributed by atoms with Crippen LogP contribution in [0, 0.1) is 0 Å². The summed E-state index contributed by atoms with van der Waals surface area (Å²) in [7, 11) is -1.58. The van der Waals surface area contributed by atoms with Gasteiger partial charge in [0.1, 0.15) is 12.2 Å². The normalized spacial score (nSPS) is 16.0. The smallest absolute Gasteiger partial charge is 0.435 e. The van der Waals surface area contributed by atoms with Crippen molar-refractivity contribution in [2.24, 2.45) is 0 Å². The van der Waals surface area contributed by atoms with Crippen LogP contribution in [-0.2, 0) is 28.4 Å². The second-order valence-electron chi connectivity index (χ2n) is 9.43. The monoisotopic (exact) mass is 542 g/mol. The fraction of sp³-hybridized carbons (Fsp3) is 0.600. The molecule has 0 aliphatic carbocycles. The Morgan fingerprint density at radius 3 is 2.29 bits per heavy atom. The zero-order chi connectivity index (χ0) is 26.2. The summed E-state index contributed by atoms with van der Waals surface area (Å²) in [6.45, 7) is 5.61. The van der Waals surface area contributed by atoms with Crippen LogP contribution in [0.25, 0.3) is 0 Å². The molecule has 0 radical (unpaired) electrons. The second-order valence-corrected chi connectivity index (χ2v) is 15.7. The number of carbonyl (C=O) groups excluding carboxylic acids is 2. The molecule has 1 aliphatic rings. The predicted octanol–water partition coefficient (Wildman–Crippen LogP) is 4.82. The molecule has 0 atom stereocenters. The van der Waals surface area contributed by atoms with E-state index in [1.54, 1.807) is 5.38 Å². The third-order valence-electron chi connectivity index (χ3n) is 5.21. The maximum Gasteiger partial charge on any atom is 0.435 e. The lowest BCUT2D eigenvalue weighted by molar-refractivity contribution is -0.146. The lowest BCUT2D eigenvalue weighted by atomic mass is 9.97. The average Bonchev–Trinajstić information content (AvgIpc) is 3.39. The number of amides is 1. The van der Waals surface area contributed by atoms with E-state index in [2.05, 4.69) is 29.7 Å². The molecule has 1 fully saturated rings. The van der Waals surface area contributed by atoms with Gasteiger partial charge in [0, 0.05) is 30.5 Å². The Bertz CT molecular complexity index is 1070. The minimum absolute atomic E-state index is 0.0520. The summed E-state index contributed by atoms with van der Waals surface area (Å²) in [5.41, 5.74) is -3.13. The molecule has 2 aromatic heterocycles. The van der Waals surface area contributed by atoms with Gasteiger partial charge in [-0.2, -0.15) is 31.4 Å². The van der Waals surface area contributed by atoms with Crippen LogP contribution in [0.3, 0.4) is 0 Å². The number of carbonyl (C=O) groups is 2. The highest BCUT2D eigenvalue weighted by Crippen LogP contribution is 2.35. The maximum atomic E-state index is 13.2. The summed E-state index contributed by atoms with van der Waals surface area (Å²) in [6.07, 6.45) is -8.90. The molecule has 194 valence electrons. The van der Waals surface area contributed by atoms with E-state index in [0.29, 0.717) is 24.1 Å². The molecule has 1 aliphatic heterocycles. The van der Waals surface area contributed by atoms with Crippen LogP contribution < -0.4 is 0 Å². The standard InChI is InChI=1S/C20H24F6N4O3SSi/c1-35(2,3)11-33-18(32)13-10-34-17(27-13)12-4-6-29(7-5-12)16(31)9-30-15(20(24,25)26)8-14(28-30)19(21,22)23/h8,10,12H,4-7,9,11H2,1-3H3. The molecule has 3 heterocycles. The quantitative estimate of drug-likeness (QED) is 0.297. The molecule has 0 saturated carbocycles. The van der Waals surface area contributed by atoms with Crippen LogP contribution in [0.5, 0.6) is 0 Å². The Morgan fingerprint density at radius 1 is 1.11 bits per heavy atom. The van der Waals surface area contributed by atoms with Gasteiger partial charge in [-0.15, -0.1) is 11.3 Å². The lowest BCUT2D eigenvalue weighted by Crippen LogP contribution is -2.40. The molecule has 0 bridgehead atoms. The van der Waals surface area contributed by atoms with Crippen LogP contribution >= 0.6 is 11.3 Å². The molecule has 1 amide bonds. The van der Waals surface area contributed by atoms with Gasteiger partial charge in [-0.05, 0) is 12.8 Å². The molecule has 0 spiro atoms. The highest BCUT2D eigenvalue weighted by molar-refractivity contribution is 7.09. The average molecular weight is 543 g/mol. The van der Waals surface area contributed by atoms with E-state index in [9.17, 15) is 35.9 Å². The van der Waals surface area contributed by atoms with Gasteiger partial charge >= 0.3 is 18.3 Å². The van der Waals surface area contributed by atoms with E-state index in [-0.39, 0.29) is 35.4 Å². The zero-order valence-electron chi connectivity index (χ0n) is 19.2. The molecular weight excluding hydrogens is 518 g/mol. The molecule has 15 heteroatoms.